The van der Waals surface area contributed by atoms with E-state index in [-0.39, 0.29) is 6.04 Å². The van der Waals surface area contributed by atoms with Crippen LogP contribution in [0.5, 0.6) is 0 Å². The molecule has 20 heavy (non-hydrogen) atoms. The summed E-state index contributed by atoms with van der Waals surface area (Å²) < 4.78 is 0. The third-order valence-corrected chi connectivity index (χ3v) is 4.19. The number of anilines is 1. The van der Waals surface area contributed by atoms with Gasteiger partial charge in [-0.3, -0.25) is 9.88 Å². The molecule has 1 aliphatic rings. The molecule has 0 spiro atoms. The van der Waals surface area contributed by atoms with Crippen LogP contribution < -0.4 is 4.90 Å². The van der Waals surface area contributed by atoms with Crippen LogP contribution in [0.15, 0.2) is 18.3 Å². The number of likely N-dealkylation sites (N-methyl/N-ethyl adjacent to an activating group) is 1. The van der Waals surface area contributed by atoms with E-state index in [2.05, 4.69) is 47.8 Å². The minimum Gasteiger partial charge on any atom is -0.389 e. The highest BCUT2D eigenvalue weighted by Crippen LogP contribution is 2.24. The van der Waals surface area contributed by atoms with Gasteiger partial charge >= 0.3 is 0 Å². The van der Waals surface area contributed by atoms with Crippen LogP contribution in [0.4, 0.5) is 5.69 Å². The van der Waals surface area contributed by atoms with E-state index in [0.29, 0.717) is 5.92 Å². The zero-order chi connectivity index (χ0) is 14.9. The third kappa shape index (κ3) is 3.30. The largest absolute Gasteiger partial charge is 0.389 e. The van der Waals surface area contributed by atoms with Crippen LogP contribution in [0.25, 0.3) is 0 Å². The number of aliphatic hydroxyl groups is 1. The van der Waals surface area contributed by atoms with Gasteiger partial charge in [-0.05, 0) is 38.9 Å². The molecular weight excluding hydrogens is 250 g/mol. The lowest BCUT2D eigenvalue weighted by atomic mass is 9.95. The van der Waals surface area contributed by atoms with Gasteiger partial charge in [0, 0.05) is 25.3 Å². The molecule has 0 amide bonds. The average molecular weight is 277 g/mol. The molecule has 2 heterocycles. The zero-order valence-electron chi connectivity index (χ0n) is 13.3. The van der Waals surface area contributed by atoms with Gasteiger partial charge in [0.15, 0.2) is 0 Å². The van der Waals surface area contributed by atoms with Crippen molar-refractivity contribution >= 4 is 5.69 Å². The van der Waals surface area contributed by atoms with Crippen molar-refractivity contribution < 1.29 is 5.11 Å². The first kappa shape index (κ1) is 15.3. The molecule has 1 aliphatic heterocycles. The molecule has 0 aromatic carbocycles. The fourth-order valence-corrected chi connectivity index (χ4v) is 2.80. The Morgan fingerprint density at radius 2 is 2.00 bits per heavy atom. The maximum atomic E-state index is 10.3. The molecule has 0 unspecified atom stereocenters. The van der Waals surface area contributed by atoms with Crippen molar-refractivity contribution in [2.24, 2.45) is 0 Å². The van der Waals surface area contributed by atoms with Gasteiger partial charge < -0.3 is 10.0 Å². The first-order valence-corrected chi connectivity index (χ1v) is 7.42. The first-order valence-electron chi connectivity index (χ1n) is 7.42. The average Bonchev–Trinajstić information content (AvgIpc) is 2.38. The predicted molar refractivity (Wildman–Crippen MR) is 83.3 cm³/mol. The standard InChI is InChI=1S/C16H27N3O/c1-12(2)14-7-6-13(10-17-14)19-9-8-18(5)15(11-19)16(3,4)20/h6-7,10,12,15,20H,8-9,11H2,1-5H3/t15-/m1/s1. The SMILES string of the molecule is CC(C)c1ccc(N2CCN(C)[C@@H](C(C)(C)O)C2)cn1. The number of hydrogen-bond acceptors (Lipinski definition) is 4. The van der Waals surface area contributed by atoms with E-state index in [1.807, 2.05) is 20.0 Å². The van der Waals surface area contributed by atoms with Crippen molar-refractivity contribution in [1.29, 1.82) is 0 Å². The van der Waals surface area contributed by atoms with E-state index >= 15 is 0 Å². The lowest BCUT2D eigenvalue weighted by Gasteiger charge is -2.45. The minimum absolute atomic E-state index is 0.140. The maximum absolute atomic E-state index is 10.3. The van der Waals surface area contributed by atoms with Crippen LogP contribution in [0.2, 0.25) is 0 Å². The fourth-order valence-electron chi connectivity index (χ4n) is 2.80. The van der Waals surface area contributed by atoms with Crippen LogP contribution >= 0.6 is 0 Å². The molecule has 1 aromatic rings. The lowest BCUT2D eigenvalue weighted by Crippen LogP contribution is -2.59. The molecular formula is C16H27N3O. The van der Waals surface area contributed by atoms with Gasteiger partial charge in [-0.2, -0.15) is 0 Å². The van der Waals surface area contributed by atoms with Crippen molar-refractivity contribution in [2.75, 3.05) is 31.6 Å². The van der Waals surface area contributed by atoms with Crippen LogP contribution in [0.3, 0.4) is 0 Å². The Morgan fingerprint density at radius 1 is 1.30 bits per heavy atom. The Kier molecular flexibility index (Phi) is 4.35. The molecule has 0 saturated carbocycles. The van der Waals surface area contributed by atoms with Crippen LogP contribution in [0, 0.1) is 0 Å². The van der Waals surface area contributed by atoms with Gasteiger partial charge in [-0.15, -0.1) is 0 Å². The smallest absolute Gasteiger partial charge is 0.0763 e. The van der Waals surface area contributed by atoms with Gasteiger partial charge in [0.2, 0.25) is 0 Å². The summed E-state index contributed by atoms with van der Waals surface area (Å²) in [5.41, 5.74) is 1.58. The summed E-state index contributed by atoms with van der Waals surface area (Å²) in [6, 6.07) is 4.40. The topological polar surface area (TPSA) is 39.6 Å². The van der Waals surface area contributed by atoms with Gasteiger partial charge in [-0.1, -0.05) is 13.8 Å². The van der Waals surface area contributed by atoms with Crippen LogP contribution in [0.1, 0.15) is 39.3 Å². The molecule has 1 saturated heterocycles. The molecule has 1 aromatic heterocycles. The van der Waals surface area contributed by atoms with Gasteiger partial charge in [0.25, 0.3) is 0 Å². The highest BCUT2D eigenvalue weighted by Gasteiger charge is 2.35. The fraction of sp³-hybridized carbons (Fsp3) is 0.688. The Hall–Kier alpha value is -1.13. The van der Waals surface area contributed by atoms with E-state index in [1.54, 1.807) is 0 Å². The van der Waals surface area contributed by atoms with E-state index in [0.717, 1.165) is 31.0 Å². The molecule has 1 atom stereocenters. The molecule has 1 fully saturated rings. The first-order chi connectivity index (χ1) is 9.29. The summed E-state index contributed by atoms with van der Waals surface area (Å²) >= 11 is 0. The number of nitrogens with zero attached hydrogens (tertiary/aromatic N) is 3. The molecule has 4 heteroatoms. The molecule has 4 nitrogen and oxygen atoms in total. The van der Waals surface area contributed by atoms with E-state index in [4.69, 9.17) is 0 Å². The number of aromatic nitrogens is 1. The monoisotopic (exact) mass is 277 g/mol. The van der Waals surface area contributed by atoms with Crippen molar-refractivity contribution in [2.45, 2.75) is 45.3 Å². The Bertz CT molecular complexity index is 436. The lowest BCUT2D eigenvalue weighted by molar-refractivity contribution is -0.0140. The quantitative estimate of drug-likeness (QED) is 0.918. The van der Waals surface area contributed by atoms with E-state index in [1.165, 1.54) is 0 Å². The molecule has 0 aliphatic carbocycles. The highest BCUT2D eigenvalue weighted by atomic mass is 16.3. The number of rotatable bonds is 3. The molecule has 0 bridgehead atoms. The van der Waals surface area contributed by atoms with Crippen molar-refractivity contribution in [3.8, 4) is 0 Å². The second kappa shape index (κ2) is 5.70. The van der Waals surface area contributed by atoms with Gasteiger partial charge in [-0.25, -0.2) is 0 Å². The summed E-state index contributed by atoms with van der Waals surface area (Å²) in [6.45, 7) is 10.9. The molecule has 0 radical (unpaired) electrons. The van der Waals surface area contributed by atoms with Crippen LogP contribution in [-0.4, -0.2) is 53.3 Å². The molecule has 2 rings (SSSR count). The number of piperazine rings is 1. The Labute approximate surface area is 122 Å². The summed E-state index contributed by atoms with van der Waals surface area (Å²) in [4.78, 5) is 9.10. The summed E-state index contributed by atoms with van der Waals surface area (Å²) in [5.74, 6) is 0.459. The summed E-state index contributed by atoms with van der Waals surface area (Å²) in [5, 5.41) is 10.3. The third-order valence-electron chi connectivity index (χ3n) is 4.19. The maximum Gasteiger partial charge on any atom is 0.0763 e. The molecule has 112 valence electrons. The van der Waals surface area contributed by atoms with Crippen molar-refractivity contribution in [1.82, 2.24) is 9.88 Å². The number of hydrogen-bond donors (Lipinski definition) is 1. The van der Waals surface area contributed by atoms with Crippen molar-refractivity contribution in [3.63, 3.8) is 0 Å². The number of pyridine rings is 1. The normalized spacial score (nSPS) is 21.6. The second-order valence-electron chi connectivity index (χ2n) is 6.69. The van der Waals surface area contributed by atoms with Gasteiger partial charge in [0.05, 0.1) is 23.5 Å². The minimum atomic E-state index is -0.696. The second-order valence-corrected chi connectivity index (χ2v) is 6.69. The molecule has 1 N–H and O–H groups in total. The van der Waals surface area contributed by atoms with E-state index in [9.17, 15) is 5.11 Å². The summed E-state index contributed by atoms with van der Waals surface area (Å²) in [6.07, 6.45) is 1.96. The zero-order valence-corrected chi connectivity index (χ0v) is 13.3. The van der Waals surface area contributed by atoms with Crippen LogP contribution in [-0.2, 0) is 0 Å². The Balaban J connectivity index is 2.13. The Morgan fingerprint density at radius 3 is 2.50 bits per heavy atom. The van der Waals surface area contributed by atoms with Crippen molar-refractivity contribution in [3.05, 3.63) is 24.0 Å². The van der Waals surface area contributed by atoms with Gasteiger partial charge in [0.1, 0.15) is 0 Å². The predicted octanol–water partition coefficient (Wildman–Crippen LogP) is 2.10. The van der Waals surface area contributed by atoms with E-state index < -0.39 is 5.60 Å². The summed E-state index contributed by atoms with van der Waals surface area (Å²) in [7, 11) is 2.08. The highest BCUT2D eigenvalue weighted by molar-refractivity contribution is 5.45.